The zero-order valence-corrected chi connectivity index (χ0v) is 8.94. The molecule has 2 N–H and O–H groups in total. The van der Waals surface area contributed by atoms with Crippen molar-refractivity contribution >= 4 is 39.5 Å². The van der Waals surface area contributed by atoms with Crippen molar-refractivity contribution in [3.05, 3.63) is 35.5 Å². The quantitative estimate of drug-likeness (QED) is 0.603. The van der Waals surface area contributed by atoms with Gasteiger partial charge in [0.2, 0.25) is 5.95 Å². The van der Waals surface area contributed by atoms with E-state index >= 15 is 0 Å². The fraction of sp³-hybridized carbons (Fsp3) is 0. The summed E-state index contributed by atoms with van der Waals surface area (Å²) in [4.78, 5) is 12.4. The average molecular weight is 231 g/mol. The average Bonchev–Trinajstić information content (AvgIpc) is 2.26. The highest BCUT2D eigenvalue weighted by molar-refractivity contribution is 6.31. The predicted octanol–water partition coefficient (Wildman–Crippen LogP) is 2.41. The lowest BCUT2D eigenvalue weighted by Crippen LogP contribution is -1.95. The van der Waals surface area contributed by atoms with E-state index in [1.54, 1.807) is 12.3 Å². The van der Waals surface area contributed by atoms with Gasteiger partial charge in [0.25, 0.3) is 0 Å². The lowest BCUT2D eigenvalue weighted by Gasteiger charge is -2.01. The number of aromatic nitrogens is 3. The highest BCUT2D eigenvalue weighted by atomic mass is 35.5. The van der Waals surface area contributed by atoms with Gasteiger partial charge >= 0.3 is 0 Å². The van der Waals surface area contributed by atoms with Crippen molar-refractivity contribution in [1.29, 1.82) is 0 Å². The third-order valence-corrected chi connectivity index (χ3v) is 2.58. The van der Waals surface area contributed by atoms with Gasteiger partial charge in [0.15, 0.2) is 5.65 Å². The topological polar surface area (TPSA) is 64.7 Å². The van der Waals surface area contributed by atoms with E-state index in [1.165, 1.54) is 0 Å². The Hall–Kier alpha value is -1.94. The van der Waals surface area contributed by atoms with E-state index in [0.717, 1.165) is 16.3 Å². The van der Waals surface area contributed by atoms with Crippen molar-refractivity contribution in [2.24, 2.45) is 0 Å². The minimum Gasteiger partial charge on any atom is -0.368 e. The van der Waals surface area contributed by atoms with Crippen LogP contribution in [0, 0.1) is 0 Å². The number of benzene rings is 1. The molecule has 16 heavy (non-hydrogen) atoms. The van der Waals surface area contributed by atoms with E-state index in [2.05, 4.69) is 15.0 Å². The molecular weight excluding hydrogens is 224 g/mol. The molecule has 2 heterocycles. The summed E-state index contributed by atoms with van der Waals surface area (Å²) in [6.45, 7) is 0. The fourth-order valence-corrected chi connectivity index (χ4v) is 1.79. The maximum Gasteiger partial charge on any atom is 0.222 e. The second-order valence-electron chi connectivity index (χ2n) is 3.47. The van der Waals surface area contributed by atoms with Gasteiger partial charge in [0, 0.05) is 22.0 Å². The van der Waals surface area contributed by atoms with Gasteiger partial charge in [-0.3, -0.25) is 0 Å². The van der Waals surface area contributed by atoms with Gasteiger partial charge in [-0.05, 0) is 24.3 Å². The maximum absolute atomic E-state index is 5.92. The van der Waals surface area contributed by atoms with Crippen molar-refractivity contribution in [2.75, 3.05) is 5.73 Å². The van der Waals surface area contributed by atoms with Gasteiger partial charge in [-0.2, -0.15) is 4.98 Å². The van der Waals surface area contributed by atoms with E-state index < -0.39 is 0 Å². The third-order valence-electron chi connectivity index (χ3n) is 2.34. The molecule has 3 aromatic rings. The molecule has 0 radical (unpaired) electrons. The molecule has 5 heteroatoms. The Bertz CT molecular complexity index is 634. The summed E-state index contributed by atoms with van der Waals surface area (Å²) >= 11 is 5.92. The maximum atomic E-state index is 5.92. The van der Waals surface area contributed by atoms with E-state index in [-0.39, 0.29) is 5.95 Å². The number of hydrogen-bond donors (Lipinski definition) is 1. The summed E-state index contributed by atoms with van der Waals surface area (Å²) < 4.78 is 0. The van der Waals surface area contributed by atoms with Crippen LogP contribution in [0.5, 0.6) is 0 Å². The van der Waals surface area contributed by atoms with E-state index in [1.807, 2.05) is 18.2 Å². The number of pyridine rings is 1. The van der Waals surface area contributed by atoms with Gasteiger partial charge < -0.3 is 5.73 Å². The molecular formula is C11H7ClN4. The molecule has 0 spiro atoms. The van der Waals surface area contributed by atoms with Crippen LogP contribution in [0.1, 0.15) is 0 Å². The van der Waals surface area contributed by atoms with Crippen LogP contribution in [-0.4, -0.2) is 15.0 Å². The van der Waals surface area contributed by atoms with Crippen LogP contribution in [0.25, 0.3) is 21.9 Å². The van der Waals surface area contributed by atoms with Gasteiger partial charge in [-0.15, -0.1) is 0 Å². The van der Waals surface area contributed by atoms with Crippen molar-refractivity contribution in [3.8, 4) is 0 Å². The first-order chi connectivity index (χ1) is 7.72. The number of hydrogen-bond acceptors (Lipinski definition) is 4. The summed E-state index contributed by atoms with van der Waals surface area (Å²) in [5.41, 5.74) is 6.95. The van der Waals surface area contributed by atoms with Crippen LogP contribution in [0.3, 0.4) is 0 Å². The molecule has 0 aliphatic carbocycles. The first kappa shape index (κ1) is 9.30. The lowest BCUT2D eigenvalue weighted by molar-refractivity contribution is 1.21. The van der Waals surface area contributed by atoms with Crippen LogP contribution < -0.4 is 5.73 Å². The van der Waals surface area contributed by atoms with Gasteiger partial charge in [-0.25, -0.2) is 9.97 Å². The monoisotopic (exact) mass is 230 g/mol. The number of rotatable bonds is 0. The Morgan fingerprint density at radius 2 is 1.94 bits per heavy atom. The minimum absolute atomic E-state index is 0.230. The molecule has 0 bridgehead atoms. The van der Waals surface area contributed by atoms with Crippen molar-refractivity contribution in [1.82, 2.24) is 15.0 Å². The Kier molecular flexibility index (Phi) is 1.91. The predicted molar refractivity (Wildman–Crippen MR) is 64.3 cm³/mol. The van der Waals surface area contributed by atoms with Gasteiger partial charge in [-0.1, -0.05) is 11.6 Å². The number of fused-ring (bicyclic) bond motifs is 2. The molecule has 0 fully saturated rings. The first-order valence-corrected chi connectivity index (χ1v) is 5.09. The minimum atomic E-state index is 0.230. The summed E-state index contributed by atoms with van der Waals surface area (Å²) in [5.74, 6) is 0.230. The smallest absolute Gasteiger partial charge is 0.222 e. The zero-order valence-electron chi connectivity index (χ0n) is 8.18. The number of nitrogens with two attached hydrogens (primary N) is 1. The molecule has 78 valence electrons. The summed E-state index contributed by atoms with van der Waals surface area (Å²) in [7, 11) is 0. The molecule has 4 nitrogen and oxygen atoms in total. The Morgan fingerprint density at radius 1 is 1.06 bits per heavy atom. The zero-order chi connectivity index (χ0) is 11.1. The Balaban J connectivity index is 2.44. The van der Waals surface area contributed by atoms with E-state index in [4.69, 9.17) is 17.3 Å². The van der Waals surface area contributed by atoms with E-state index in [9.17, 15) is 0 Å². The second-order valence-corrected chi connectivity index (χ2v) is 3.90. The van der Waals surface area contributed by atoms with Crippen LogP contribution in [0.2, 0.25) is 5.02 Å². The number of nitrogens with zero attached hydrogens (tertiary/aromatic N) is 3. The number of anilines is 1. The molecule has 1 aromatic carbocycles. The highest BCUT2D eigenvalue weighted by Gasteiger charge is 2.02. The number of nitrogen functional groups attached to an aromatic ring is 1. The molecule has 2 aromatic heterocycles. The van der Waals surface area contributed by atoms with Crippen LogP contribution >= 0.6 is 11.6 Å². The summed E-state index contributed by atoms with van der Waals surface area (Å²) in [5, 5.41) is 2.50. The van der Waals surface area contributed by atoms with Crippen molar-refractivity contribution in [3.63, 3.8) is 0 Å². The molecule has 0 atom stereocenters. The standard InChI is InChI=1S/C11H7ClN4/c12-8-1-2-9-6(4-8)3-7-5-14-11(13)16-10(7)15-9/h1-5H,(H2,13,14,15,16). The van der Waals surface area contributed by atoms with Gasteiger partial charge in [0.1, 0.15) is 0 Å². The molecule has 0 saturated heterocycles. The first-order valence-electron chi connectivity index (χ1n) is 4.71. The second kappa shape index (κ2) is 3.28. The fourth-order valence-electron chi connectivity index (χ4n) is 1.61. The van der Waals surface area contributed by atoms with Crippen LogP contribution in [0.4, 0.5) is 5.95 Å². The molecule has 0 saturated carbocycles. The third kappa shape index (κ3) is 1.44. The molecule has 0 aliphatic rings. The SMILES string of the molecule is Nc1ncc2cc3cc(Cl)ccc3nc2n1. The lowest BCUT2D eigenvalue weighted by atomic mass is 10.2. The normalized spacial score (nSPS) is 11.1. The summed E-state index contributed by atoms with van der Waals surface area (Å²) in [6.07, 6.45) is 1.66. The summed E-state index contributed by atoms with van der Waals surface area (Å²) in [6, 6.07) is 7.46. The highest BCUT2D eigenvalue weighted by Crippen LogP contribution is 2.21. The number of halogens is 1. The molecule has 0 amide bonds. The van der Waals surface area contributed by atoms with Crippen LogP contribution in [0.15, 0.2) is 30.5 Å². The van der Waals surface area contributed by atoms with Gasteiger partial charge in [0.05, 0.1) is 5.52 Å². The van der Waals surface area contributed by atoms with Crippen molar-refractivity contribution < 1.29 is 0 Å². The molecule has 0 aliphatic heterocycles. The van der Waals surface area contributed by atoms with Crippen LogP contribution in [-0.2, 0) is 0 Å². The van der Waals surface area contributed by atoms with Crippen molar-refractivity contribution in [2.45, 2.75) is 0 Å². The molecule has 3 rings (SSSR count). The van der Waals surface area contributed by atoms with E-state index in [0.29, 0.717) is 10.7 Å². The largest absolute Gasteiger partial charge is 0.368 e. The Labute approximate surface area is 96.1 Å². The Morgan fingerprint density at radius 3 is 2.81 bits per heavy atom. The molecule has 0 unspecified atom stereocenters.